The molecular weight excluding hydrogens is 473 g/mol. The Morgan fingerprint density at radius 1 is 1.00 bits per heavy atom. The van der Waals surface area contributed by atoms with Crippen molar-refractivity contribution in [3.05, 3.63) is 101 Å². The summed E-state index contributed by atoms with van der Waals surface area (Å²) in [6.07, 6.45) is 4.55. The van der Waals surface area contributed by atoms with Crippen molar-refractivity contribution < 1.29 is 4.39 Å². The molecule has 1 aliphatic rings. The predicted molar refractivity (Wildman–Crippen MR) is 155 cm³/mol. The fraction of sp³-hybridized carbons (Fsp3) is 0.250. The molecule has 0 spiro atoms. The molecule has 2 aromatic heterocycles. The molecule has 0 bridgehead atoms. The highest BCUT2D eigenvalue weighted by Gasteiger charge is 2.22. The summed E-state index contributed by atoms with van der Waals surface area (Å²) in [5.74, 6) is 0.607. The third-order valence-electron chi connectivity index (χ3n) is 7.75. The van der Waals surface area contributed by atoms with E-state index in [0.29, 0.717) is 6.54 Å². The summed E-state index contributed by atoms with van der Waals surface area (Å²) in [6, 6.07) is 17.9. The van der Waals surface area contributed by atoms with Crippen LogP contribution in [-0.4, -0.2) is 21.1 Å². The van der Waals surface area contributed by atoms with Crippen LogP contribution < -0.4 is 10.2 Å². The number of hydrogen-bond acceptors (Lipinski definition) is 4. The van der Waals surface area contributed by atoms with Crippen LogP contribution in [0.15, 0.2) is 73.2 Å². The van der Waals surface area contributed by atoms with Gasteiger partial charge in [-0.2, -0.15) is 0 Å². The van der Waals surface area contributed by atoms with Crippen molar-refractivity contribution in [3.63, 3.8) is 0 Å². The van der Waals surface area contributed by atoms with E-state index in [0.717, 1.165) is 70.5 Å². The average molecular weight is 506 g/mol. The minimum absolute atomic E-state index is 0.220. The SMILES string of the molecule is C=C(Cn1c(C)cc2ccc(F)cc21)N1CCc2cc(Nc3ncnc4cc(CC)c(CC)cc34)ccc21. The van der Waals surface area contributed by atoms with Crippen molar-refractivity contribution in [2.45, 2.75) is 46.6 Å². The summed E-state index contributed by atoms with van der Waals surface area (Å²) in [5, 5.41) is 5.64. The minimum Gasteiger partial charge on any atom is -0.343 e. The fourth-order valence-corrected chi connectivity index (χ4v) is 5.74. The molecule has 38 heavy (non-hydrogen) atoms. The van der Waals surface area contributed by atoms with Gasteiger partial charge in [-0.05, 0) is 97.5 Å². The number of allylic oxidation sites excluding steroid dienone is 1. The second-order valence-electron chi connectivity index (χ2n) is 10.1. The topological polar surface area (TPSA) is 46.0 Å². The number of fused-ring (bicyclic) bond motifs is 3. The molecule has 0 radical (unpaired) electrons. The van der Waals surface area contributed by atoms with Crippen LogP contribution in [0.1, 0.15) is 36.2 Å². The van der Waals surface area contributed by atoms with Gasteiger partial charge in [0.25, 0.3) is 0 Å². The Labute approximate surface area is 222 Å². The van der Waals surface area contributed by atoms with Gasteiger partial charge in [0.15, 0.2) is 0 Å². The maximum atomic E-state index is 14.0. The molecule has 5 nitrogen and oxygen atoms in total. The monoisotopic (exact) mass is 505 g/mol. The molecule has 5 aromatic rings. The van der Waals surface area contributed by atoms with Crippen LogP contribution in [0.3, 0.4) is 0 Å². The average Bonchev–Trinajstić information content (AvgIpc) is 3.48. The molecule has 0 aliphatic carbocycles. The number of hydrogen-bond donors (Lipinski definition) is 1. The molecule has 3 aromatic carbocycles. The summed E-state index contributed by atoms with van der Waals surface area (Å²) in [7, 11) is 0. The van der Waals surface area contributed by atoms with Gasteiger partial charge in [0.05, 0.1) is 17.6 Å². The van der Waals surface area contributed by atoms with Crippen molar-refractivity contribution in [3.8, 4) is 0 Å². The smallest absolute Gasteiger partial charge is 0.141 e. The molecule has 0 unspecified atom stereocenters. The van der Waals surface area contributed by atoms with Crippen LogP contribution in [0.4, 0.5) is 21.6 Å². The van der Waals surface area contributed by atoms with Crippen molar-refractivity contribution in [1.29, 1.82) is 0 Å². The Morgan fingerprint density at radius 3 is 2.63 bits per heavy atom. The lowest BCUT2D eigenvalue weighted by Gasteiger charge is -2.24. The van der Waals surface area contributed by atoms with Gasteiger partial charge in [0.1, 0.15) is 18.0 Å². The number of aryl methyl sites for hydroxylation is 3. The Bertz CT molecular complexity index is 1700. The van der Waals surface area contributed by atoms with Crippen LogP contribution in [0.5, 0.6) is 0 Å². The molecule has 192 valence electrons. The second kappa shape index (κ2) is 9.60. The Morgan fingerprint density at radius 2 is 1.82 bits per heavy atom. The summed E-state index contributed by atoms with van der Waals surface area (Å²) in [5.41, 5.74) is 10.1. The lowest BCUT2D eigenvalue weighted by atomic mass is 10.00. The molecule has 3 heterocycles. The molecule has 0 saturated heterocycles. The van der Waals surface area contributed by atoms with E-state index in [1.165, 1.54) is 28.4 Å². The predicted octanol–water partition coefficient (Wildman–Crippen LogP) is 7.48. The molecular formula is C32H32FN5. The zero-order valence-corrected chi connectivity index (χ0v) is 22.2. The van der Waals surface area contributed by atoms with Crippen LogP contribution in [0, 0.1) is 12.7 Å². The minimum atomic E-state index is -0.220. The summed E-state index contributed by atoms with van der Waals surface area (Å²) in [4.78, 5) is 11.4. The zero-order valence-electron chi connectivity index (χ0n) is 22.2. The molecule has 6 rings (SSSR count). The van der Waals surface area contributed by atoms with Gasteiger partial charge in [-0.15, -0.1) is 0 Å². The molecule has 6 heteroatoms. The number of aromatic nitrogens is 3. The summed E-state index contributed by atoms with van der Waals surface area (Å²) >= 11 is 0. The Hall–Kier alpha value is -4.19. The van der Waals surface area contributed by atoms with Crippen molar-refractivity contribution >= 4 is 39.0 Å². The largest absolute Gasteiger partial charge is 0.343 e. The van der Waals surface area contributed by atoms with Crippen molar-refractivity contribution in [1.82, 2.24) is 14.5 Å². The summed E-state index contributed by atoms with van der Waals surface area (Å²) in [6.45, 7) is 12.3. The third-order valence-corrected chi connectivity index (χ3v) is 7.75. The maximum absolute atomic E-state index is 14.0. The molecule has 0 fully saturated rings. The number of rotatable bonds is 7. The highest BCUT2D eigenvalue weighted by atomic mass is 19.1. The van der Waals surface area contributed by atoms with Gasteiger partial charge in [0, 0.05) is 40.1 Å². The van der Waals surface area contributed by atoms with Gasteiger partial charge >= 0.3 is 0 Å². The zero-order chi connectivity index (χ0) is 26.4. The second-order valence-corrected chi connectivity index (χ2v) is 10.1. The normalized spacial score (nSPS) is 12.9. The highest BCUT2D eigenvalue weighted by molar-refractivity contribution is 5.92. The first-order valence-corrected chi connectivity index (χ1v) is 13.3. The first-order valence-electron chi connectivity index (χ1n) is 13.3. The van der Waals surface area contributed by atoms with E-state index in [1.54, 1.807) is 12.4 Å². The lowest BCUT2D eigenvalue weighted by molar-refractivity contribution is 0.628. The molecule has 0 saturated carbocycles. The van der Waals surface area contributed by atoms with Crippen LogP contribution >= 0.6 is 0 Å². The summed E-state index contributed by atoms with van der Waals surface area (Å²) < 4.78 is 16.1. The van der Waals surface area contributed by atoms with Crippen molar-refractivity contribution in [2.75, 3.05) is 16.8 Å². The third kappa shape index (κ3) is 4.20. The van der Waals surface area contributed by atoms with Gasteiger partial charge in [-0.25, -0.2) is 14.4 Å². The quantitative estimate of drug-likeness (QED) is 0.249. The van der Waals surface area contributed by atoms with E-state index >= 15 is 0 Å². The number of nitrogens with zero attached hydrogens (tertiary/aromatic N) is 4. The Kier molecular flexibility index (Phi) is 6.10. The van der Waals surface area contributed by atoms with Crippen molar-refractivity contribution in [2.24, 2.45) is 0 Å². The van der Waals surface area contributed by atoms with E-state index in [2.05, 4.69) is 88.5 Å². The van der Waals surface area contributed by atoms with Crippen LogP contribution in [0.25, 0.3) is 21.8 Å². The first-order chi connectivity index (χ1) is 18.4. The number of nitrogens with one attached hydrogen (secondary N) is 1. The van der Waals surface area contributed by atoms with Gasteiger partial charge in [-0.3, -0.25) is 0 Å². The molecule has 0 amide bonds. The van der Waals surface area contributed by atoms with Gasteiger partial charge in [0.2, 0.25) is 0 Å². The van der Waals surface area contributed by atoms with E-state index in [-0.39, 0.29) is 5.82 Å². The maximum Gasteiger partial charge on any atom is 0.141 e. The number of halogens is 1. The Balaban J connectivity index is 1.25. The van der Waals surface area contributed by atoms with E-state index in [1.807, 2.05) is 6.07 Å². The highest BCUT2D eigenvalue weighted by Crippen LogP contribution is 2.35. The van der Waals surface area contributed by atoms with Crippen LogP contribution in [-0.2, 0) is 25.8 Å². The number of anilines is 3. The lowest BCUT2D eigenvalue weighted by Crippen LogP contribution is -2.22. The number of benzene rings is 3. The first kappa shape index (κ1) is 24.2. The van der Waals surface area contributed by atoms with Gasteiger partial charge in [-0.1, -0.05) is 20.4 Å². The van der Waals surface area contributed by atoms with E-state index in [4.69, 9.17) is 0 Å². The van der Waals surface area contributed by atoms with Crippen LogP contribution in [0.2, 0.25) is 0 Å². The van der Waals surface area contributed by atoms with Gasteiger partial charge < -0.3 is 14.8 Å². The van der Waals surface area contributed by atoms with E-state index < -0.39 is 0 Å². The molecule has 0 atom stereocenters. The molecule has 1 N–H and O–H groups in total. The standard InChI is InChI=1S/C32H32FN5/c1-5-22-15-28-29(16-23(22)6-2)34-19-35-32(28)36-27-9-10-30-25(14-27)11-12-37(30)21(4)18-38-20(3)13-24-7-8-26(33)17-31(24)38/h7-10,13-17,19H,4-6,11-12,18H2,1-3H3,(H,34,35,36). The fourth-order valence-electron chi connectivity index (χ4n) is 5.74. The molecule has 1 aliphatic heterocycles. The van der Waals surface area contributed by atoms with E-state index in [9.17, 15) is 4.39 Å².